The van der Waals surface area contributed by atoms with Crippen molar-refractivity contribution in [2.24, 2.45) is 0 Å². The number of sulfone groups is 1. The second kappa shape index (κ2) is 10.0. The minimum absolute atomic E-state index is 0. The number of nitrogens with zero attached hydrogens (tertiary/aromatic N) is 1. The number of benzene rings is 3. The molecule has 0 unspecified atom stereocenters. The fourth-order valence-electron chi connectivity index (χ4n) is 3.12. The Balaban J connectivity index is 0.00000289. The Kier molecular flexibility index (Phi) is 7.81. The van der Waals surface area contributed by atoms with Crippen molar-refractivity contribution in [1.82, 2.24) is 4.72 Å². The van der Waals surface area contributed by atoms with Crippen LogP contribution in [-0.2, 0) is 31.4 Å². The molecule has 4 rings (SSSR count). The second-order valence-corrected chi connectivity index (χ2v) is 10.3. The summed E-state index contributed by atoms with van der Waals surface area (Å²) < 4.78 is 59.3. The first kappa shape index (κ1) is 24.9. The Labute approximate surface area is 229 Å². The number of nitrogens with one attached hydrogen (secondary N) is 1. The molecule has 0 radical (unpaired) electrons. The van der Waals surface area contributed by atoms with Crippen LogP contribution in [0, 0.1) is 0 Å². The molecule has 11 heteroatoms. The number of carbonyl (C=O) groups is 1. The predicted molar refractivity (Wildman–Crippen MR) is 121 cm³/mol. The van der Waals surface area contributed by atoms with Gasteiger partial charge in [-0.15, -0.1) is 0 Å². The SMILES string of the molecule is O=C1CN(c2ccc(S(=O)(=O)c3ccccc3)cc2OCc2ccccc2)S(=O)(=O)N1.[KH]. The minimum atomic E-state index is -4.09. The normalized spacial score (nSPS) is 15.0. The molecular formula is C21H19KN2O6S2. The molecule has 1 saturated heterocycles. The monoisotopic (exact) mass is 498 g/mol. The summed E-state index contributed by atoms with van der Waals surface area (Å²) in [6.07, 6.45) is 0. The first-order valence-electron chi connectivity index (χ1n) is 9.21. The van der Waals surface area contributed by atoms with Crippen molar-refractivity contribution >= 4 is 83.0 Å². The summed E-state index contributed by atoms with van der Waals surface area (Å²) in [6, 6.07) is 20.9. The van der Waals surface area contributed by atoms with Crippen LogP contribution in [0.15, 0.2) is 88.7 Å². The van der Waals surface area contributed by atoms with Gasteiger partial charge in [-0.25, -0.2) is 17.4 Å². The summed E-state index contributed by atoms with van der Waals surface area (Å²) in [4.78, 5) is 11.7. The predicted octanol–water partition coefficient (Wildman–Crippen LogP) is 1.63. The Morgan fingerprint density at radius 1 is 0.906 bits per heavy atom. The van der Waals surface area contributed by atoms with Crippen molar-refractivity contribution in [3.8, 4) is 5.75 Å². The summed E-state index contributed by atoms with van der Waals surface area (Å²) in [5.74, 6) is -0.657. The van der Waals surface area contributed by atoms with Gasteiger partial charge in [0.05, 0.1) is 15.5 Å². The molecule has 0 bridgehead atoms. The van der Waals surface area contributed by atoms with Crippen molar-refractivity contribution < 1.29 is 26.4 Å². The van der Waals surface area contributed by atoms with E-state index in [4.69, 9.17) is 4.74 Å². The van der Waals surface area contributed by atoms with Gasteiger partial charge in [0.25, 0.3) is 5.91 Å². The van der Waals surface area contributed by atoms with Gasteiger partial charge in [0.2, 0.25) is 9.84 Å². The summed E-state index contributed by atoms with van der Waals surface area (Å²) in [6.45, 7) is -0.341. The first-order chi connectivity index (χ1) is 14.8. The fraction of sp³-hybridized carbons (Fsp3) is 0.0952. The second-order valence-electron chi connectivity index (χ2n) is 6.76. The molecular weight excluding hydrogens is 479 g/mol. The third-order valence-corrected chi connectivity index (χ3v) is 7.78. The van der Waals surface area contributed by atoms with E-state index < -0.39 is 32.5 Å². The van der Waals surface area contributed by atoms with E-state index in [2.05, 4.69) is 0 Å². The number of hydrogen-bond donors (Lipinski definition) is 1. The van der Waals surface area contributed by atoms with Crippen LogP contribution in [0.5, 0.6) is 5.75 Å². The fourth-order valence-corrected chi connectivity index (χ4v) is 5.57. The molecule has 1 fully saturated rings. The van der Waals surface area contributed by atoms with Crippen molar-refractivity contribution in [3.63, 3.8) is 0 Å². The van der Waals surface area contributed by atoms with E-state index >= 15 is 0 Å². The van der Waals surface area contributed by atoms with E-state index in [0.29, 0.717) is 0 Å². The molecule has 0 aliphatic carbocycles. The average Bonchev–Trinajstić information content (AvgIpc) is 3.05. The van der Waals surface area contributed by atoms with Crippen LogP contribution in [0.25, 0.3) is 0 Å². The number of hydrogen-bond acceptors (Lipinski definition) is 6. The zero-order chi connectivity index (χ0) is 22.1. The molecule has 0 atom stereocenters. The summed E-state index contributed by atoms with van der Waals surface area (Å²) >= 11 is 0. The maximum atomic E-state index is 13.0. The quantitative estimate of drug-likeness (QED) is 0.518. The molecule has 1 aliphatic heterocycles. The standard InChI is InChI=1S/C21H18N2O6S2.K.H/c24-21-14-23(31(27,28)22-21)19-12-11-18(30(25,26)17-9-5-2-6-10-17)13-20(19)29-15-16-7-3-1-4-8-16;;/h1-13H,14-15H2,(H,22,24);;. The third kappa shape index (κ3) is 5.25. The van der Waals surface area contributed by atoms with E-state index in [1.807, 2.05) is 35.1 Å². The van der Waals surface area contributed by atoms with Crippen LogP contribution in [0.1, 0.15) is 5.56 Å². The van der Waals surface area contributed by atoms with Crippen LogP contribution in [0.2, 0.25) is 0 Å². The van der Waals surface area contributed by atoms with E-state index in [1.165, 1.54) is 30.3 Å². The molecule has 3 aromatic rings. The van der Waals surface area contributed by atoms with Gasteiger partial charge in [-0.1, -0.05) is 48.5 Å². The van der Waals surface area contributed by atoms with Crippen LogP contribution in [0.3, 0.4) is 0 Å². The van der Waals surface area contributed by atoms with Gasteiger partial charge < -0.3 is 4.74 Å². The number of anilines is 1. The van der Waals surface area contributed by atoms with E-state index in [9.17, 15) is 21.6 Å². The molecule has 3 aromatic carbocycles. The van der Waals surface area contributed by atoms with Gasteiger partial charge in [-0.3, -0.25) is 4.79 Å². The van der Waals surface area contributed by atoms with Gasteiger partial charge in [-0.05, 0) is 29.8 Å². The molecule has 8 nitrogen and oxygen atoms in total. The molecule has 32 heavy (non-hydrogen) atoms. The van der Waals surface area contributed by atoms with E-state index in [0.717, 1.165) is 9.87 Å². The third-order valence-electron chi connectivity index (χ3n) is 4.62. The van der Waals surface area contributed by atoms with Crippen molar-refractivity contribution in [2.45, 2.75) is 16.4 Å². The van der Waals surface area contributed by atoms with Gasteiger partial charge >= 0.3 is 61.6 Å². The number of rotatable bonds is 6. The van der Waals surface area contributed by atoms with Gasteiger partial charge in [0.1, 0.15) is 18.9 Å². The summed E-state index contributed by atoms with van der Waals surface area (Å²) in [5, 5.41) is 0. The first-order valence-corrected chi connectivity index (χ1v) is 12.1. The summed E-state index contributed by atoms with van der Waals surface area (Å²) in [5.41, 5.74) is 0.879. The molecule has 1 amide bonds. The molecule has 0 aromatic heterocycles. The molecule has 1 heterocycles. The Morgan fingerprint density at radius 2 is 1.53 bits per heavy atom. The van der Waals surface area contributed by atoms with Gasteiger partial charge in [0, 0.05) is 6.07 Å². The number of amides is 1. The Morgan fingerprint density at radius 3 is 2.12 bits per heavy atom. The Hall–Kier alpha value is -1.73. The molecule has 1 aliphatic rings. The average molecular weight is 499 g/mol. The zero-order valence-electron chi connectivity index (χ0n) is 16.1. The van der Waals surface area contributed by atoms with Crippen LogP contribution in [-0.4, -0.2) is 80.7 Å². The zero-order valence-corrected chi connectivity index (χ0v) is 17.8. The topological polar surface area (TPSA) is 110 Å². The van der Waals surface area contributed by atoms with Crippen molar-refractivity contribution in [2.75, 3.05) is 10.8 Å². The van der Waals surface area contributed by atoms with Crippen molar-refractivity contribution in [1.29, 1.82) is 0 Å². The number of carbonyl (C=O) groups excluding carboxylic acids is 1. The molecule has 162 valence electrons. The molecule has 0 saturated carbocycles. The molecule has 1 N–H and O–H groups in total. The van der Waals surface area contributed by atoms with E-state index in [1.54, 1.807) is 18.2 Å². The van der Waals surface area contributed by atoms with Crippen LogP contribution >= 0.6 is 0 Å². The Bertz CT molecular complexity index is 1330. The van der Waals surface area contributed by atoms with Gasteiger partial charge in [-0.2, -0.15) is 8.42 Å². The van der Waals surface area contributed by atoms with E-state index in [-0.39, 0.29) is 79.2 Å². The number of ether oxygens (including phenoxy) is 1. The van der Waals surface area contributed by atoms with Crippen molar-refractivity contribution in [3.05, 3.63) is 84.4 Å². The van der Waals surface area contributed by atoms with Crippen LogP contribution in [0.4, 0.5) is 5.69 Å². The van der Waals surface area contributed by atoms with Crippen LogP contribution < -0.4 is 13.8 Å². The maximum absolute atomic E-state index is 13.0. The molecule has 0 spiro atoms. The summed E-state index contributed by atoms with van der Waals surface area (Å²) in [7, 11) is -7.95. The van der Waals surface area contributed by atoms with Gasteiger partial charge in [0.15, 0.2) is 0 Å².